The smallest absolute Gasteiger partial charge is 0.301 e. The van der Waals surface area contributed by atoms with Crippen molar-refractivity contribution in [2.75, 3.05) is 7.11 Å². The molecule has 0 spiro atoms. The maximum Gasteiger partial charge on any atom is 0.301 e. The number of thiazole rings is 1. The van der Waals surface area contributed by atoms with E-state index in [-0.39, 0.29) is 11.2 Å². The topological polar surface area (TPSA) is 84.6 Å². The van der Waals surface area contributed by atoms with Crippen molar-refractivity contribution in [1.82, 2.24) is 14.8 Å². The molecule has 162 valence electrons. The highest BCUT2D eigenvalue weighted by Gasteiger charge is 2.19. The Balaban J connectivity index is 1.57. The van der Waals surface area contributed by atoms with Crippen molar-refractivity contribution >= 4 is 22.7 Å². The lowest BCUT2D eigenvalue weighted by atomic mass is 10.1. The van der Waals surface area contributed by atoms with E-state index in [0.717, 1.165) is 22.6 Å². The quantitative estimate of drug-likeness (QED) is 0.303. The summed E-state index contributed by atoms with van der Waals surface area (Å²) >= 11 is 1.37. The Hall–Kier alpha value is -4.30. The summed E-state index contributed by atoms with van der Waals surface area (Å²) in [7, 11) is 1.63. The number of benzene rings is 3. The summed E-state index contributed by atoms with van der Waals surface area (Å²) in [5.41, 5.74) is 3.71. The van der Waals surface area contributed by atoms with E-state index in [1.807, 2.05) is 90.3 Å². The lowest BCUT2D eigenvalue weighted by Crippen LogP contribution is -2.13. The Morgan fingerprint density at radius 3 is 2.27 bits per heavy atom. The molecule has 0 bridgehead atoms. The fraction of sp³-hybridized carbons (Fsp3) is 0.0400. The first-order chi connectivity index (χ1) is 16.2. The van der Waals surface area contributed by atoms with Crippen LogP contribution in [0.15, 0.2) is 105 Å². The van der Waals surface area contributed by atoms with E-state index in [1.165, 1.54) is 16.0 Å². The van der Waals surface area contributed by atoms with Gasteiger partial charge in [0.1, 0.15) is 5.75 Å². The Morgan fingerprint density at radius 2 is 1.58 bits per heavy atom. The lowest BCUT2D eigenvalue weighted by Gasteiger charge is -2.00. The van der Waals surface area contributed by atoms with Crippen molar-refractivity contribution in [2.24, 2.45) is 10.2 Å². The van der Waals surface area contributed by atoms with Gasteiger partial charge in [0, 0.05) is 16.5 Å². The van der Waals surface area contributed by atoms with Crippen LogP contribution in [-0.2, 0) is 0 Å². The molecule has 3 aromatic carbocycles. The van der Waals surface area contributed by atoms with E-state index >= 15 is 0 Å². The number of nitrogens with zero attached hydrogens (tertiary/aromatic N) is 4. The molecule has 1 N–H and O–H groups in total. The molecule has 0 amide bonds. The van der Waals surface area contributed by atoms with Crippen LogP contribution in [0.25, 0.3) is 27.6 Å². The molecule has 0 radical (unpaired) electrons. The molecule has 0 aliphatic carbocycles. The van der Waals surface area contributed by atoms with Gasteiger partial charge in [-0.2, -0.15) is 9.80 Å². The zero-order valence-corrected chi connectivity index (χ0v) is 18.5. The Bertz CT molecular complexity index is 1450. The second kappa shape index (κ2) is 9.05. The van der Waals surface area contributed by atoms with Gasteiger partial charge in [-0.3, -0.25) is 9.89 Å². The Labute approximate surface area is 193 Å². The van der Waals surface area contributed by atoms with Gasteiger partial charge in [0.05, 0.1) is 24.2 Å². The van der Waals surface area contributed by atoms with E-state index in [1.54, 1.807) is 7.11 Å². The van der Waals surface area contributed by atoms with Crippen molar-refractivity contribution in [3.8, 4) is 33.4 Å². The molecule has 2 heterocycles. The van der Waals surface area contributed by atoms with Crippen LogP contribution in [0, 0.1) is 0 Å². The van der Waals surface area contributed by atoms with E-state index in [4.69, 9.17) is 4.74 Å². The second-order valence-electron chi connectivity index (χ2n) is 7.12. The SMILES string of the molecule is COc1ccc(-c2csc(-n3[nH]c(-c4ccccc4)c(N=Nc4ccccc4)c3=O)n2)cc1. The van der Waals surface area contributed by atoms with Crippen LogP contribution in [0.4, 0.5) is 11.4 Å². The summed E-state index contributed by atoms with van der Waals surface area (Å²) in [6.07, 6.45) is 0. The minimum absolute atomic E-state index is 0.228. The van der Waals surface area contributed by atoms with E-state index in [2.05, 4.69) is 20.3 Å². The number of H-pyrrole nitrogens is 1. The standard InChI is InChI=1S/C25H19N5O2S/c1-32-20-14-12-17(13-15-20)21-16-33-25(26-21)30-24(31)23(28-27-19-10-6-3-7-11-19)22(29-30)18-8-4-2-5-9-18/h2-16,29H,1H3. The summed E-state index contributed by atoms with van der Waals surface area (Å²) in [4.78, 5) is 18.0. The van der Waals surface area contributed by atoms with Gasteiger partial charge >= 0.3 is 5.56 Å². The van der Waals surface area contributed by atoms with Crippen LogP contribution in [-0.4, -0.2) is 21.9 Å². The molecule has 0 aliphatic rings. The highest BCUT2D eigenvalue weighted by molar-refractivity contribution is 7.12. The molecule has 5 aromatic rings. The maximum atomic E-state index is 13.3. The van der Waals surface area contributed by atoms with Crippen molar-refractivity contribution < 1.29 is 4.74 Å². The molecule has 0 unspecified atom stereocenters. The minimum Gasteiger partial charge on any atom is -0.497 e. The first-order valence-corrected chi connectivity index (χ1v) is 11.1. The predicted octanol–water partition coefficient (Wildman–Crippen LogP) is 6.38. The van der Waals surface area contributed by atoms with Crippen LogP contribution in [0.1, 0.15) is 0 Å². The zero-order chi connectivity index (χ0) is 22.6. The minimum atomic E-state index is -0.316. The molecule has 5 rings (SSSR count). The summed E-state index contributed by atoms with van der Waals surface area (Å²) in [5, 5.41) is 14.2. The lowest BCUT2D eigenvalue weighted by molar-refractivity contribution is 0.415. The molecule has 33 heavy (non-hydrogen) atoms. The molecule has 8 heteroatoms. The van der Waals surface area contributed by atoms with Crippen LogP contribution < -0.4 is 10.3 Å². The van der Waals surface area contributed by atoms with Gasteiger partial charge in [0.2, 0.25) is 5.13 Å². The third-order valence-electron chi connectivity index (χ3n) is 5.02. The maximum absolute atomic E-state index is 13.3. The number of azo groups is 1. The predicted molar refractivity (Wildman–Crippen MR) is 130 cm³/mol. The van der Waals surface area contributed by atoms with E-state index in [9.17, 15) is 4.79 Å². The van der Waals surface area contributed by atoms with E-state index in [0.29, 0.717) is 16.5 Å². The number of ether oxygens (including phenoxy) is 1. The van der Waals surface area contributed by atoms with Gasteiger partial charge in [0.15, 0.2) is 5.69 Å². The normalized spacial score (nSPS) is 11.2. The van der Waals surface area contributed by atoms with Crippen LogP contribution in [0.2, 0.25) is 0 Å². The average Bonchev–Trinajstić information content (AvgIpc) is 3.49. The molecule has 0 atom stereocenters. The largest absolute Gasteiger partial charge is 0.497 e. The zero-order valence-electron chi connectivity index (χ0n) is 17.7. The number of aromatic amines is 1. The highest BCUT2D eigenvalue weighted by Crippen LogP contribution is 2.30. The summed E-state index contributed by atoms with van der Waals surface area (Å²) in [6.45, 7) is 0. The molecular formula is C25H19N5O2S. The van der Waals surface area contributed by atoms with Crippen molar-refractivity contribution in [2.45, 2.75) is 0 Å². The van der Waals surface area contributed by atoms with Crippen molar-refractivity contribution in [1.29, 1.82) is 0 Å². The van der Waals surface area contributed by atoms with Crippen LogP contribution in [0.5, 0.6) is 5.75 Å². The molecule has 0 aliphatic heterocycles. The number of aromatic nitrogens is 3. The Kier molecular flexibility index (Phi) is 5.65. The van der Waals surface area contributed by atoms with Crippen molar-refractivity contribution in [3.63, 3.8) is 0 Å². The van der Waals surface area contributed by atoms with Crippen molar-refractivity contribution in [3.05, 3.63) is 101 Å². The first kappa shape index (κ1) is 20.6. The van der Waals surface area contributed by atoms with Gasteiger partial charge in [-0.1, -0.05) is 48.5 Å². The van der Waals surface area contributed by atoms with Gasteiger partial charge in [0.25, 0.3) is 0 Å². The fourth-order valence-corrected chi connectivity index (χ4v) is 4.12. The van der Waals surface area contributed by atoms with Gasteiger partial charge in [-0.15, -0.1) is 16.5 Å². The number of methoxy groups -OCH3 is 1. The van der Waals surface area contributed by atoms with Crippen LogP contribution >= 0.6 is 11.3 Å². The molecule has 7 nitrogen and oxygen atoms in total. The average molecular weight is 454 g/mol. The summed E-state index contributed by atoms with van der Waals surface area (Å²) in [5.74, 6) is 0.774. The van der Waals surface area contributed by atoms with Gasteiger partial charge in [-0.05, 0) is 36.4 Å². The first-order valence-electron chi connectivity index (χ1n) is 10.2. The van der Waals surface area contributed by atoms with Crippen LogP contribution in [0.3, 0.4) is 0 Å². The van der Waals surface area contributed by atoms with Gasteiger partial charge < -0.3 is 4.74 Å². The number of nitrogens with one attached hydrogen (secondary N) is 1. The fourth-order valence-electron chi connectivity index (χ4n) is 3.33. The molecule has 0 saturated carbocycles. The van der Waals surface area contributed by atoms with Gasteiger partial charge in [-0.25, -0.2) is 4.98 Å². The third-order valence-corrected chi connectivity index (χ3v) is 5.85. The number of hydrogen-bond acceptors (Lipinski definition) is 6. The number of hydrogen-bond donors (Lipinski definition) is 1. The second-order valence-corrected chi connectivity index (χ2v) is 7.96. The Morgan fingerprint density at radius 1 is 0.879 bits per heavy atom. The molecular weight excluding hydrogens is 434 g/mol. The summed E-state index contributed by atoms with van der Waals surface area (Å²) < 4.78 is 6.64. The number of rotatable bonds is 6. The molecule has 0 saturated heterocycles. The van der Waals surface area contributed by atoms with E-state index < -0.39 is 0 Å². The monoisotopic (exact) mass is 453 g/mol. The molecule has 0 fully saturated rings. The third kappa shape index (κ3) is 4.24. The summed E-state index contributed by atoms with van der Waals surface area (Å²) in [6, 6.07) is 26.5. The highest BCUT2D eigenvalue weighted by atomic mass is 32.1. The molecule has 2 aromatic heterocycles.